The SMILES string of the molecule is Cc1ccc(NC(=O)c2ccc(Br)cc2F)cc1C. The van der Waals surface area contributed by atoms with Gasteiger partial charge >= 0.3 is 0 Å². The molecular formula is C15H13BrFNO. The van der Waals surface area contributed by atoms with Gasteiger partial charge in [-0.3, -0.25) is 4.79 Å². The van der Waals surface area contributed by atoms with E-state index in [4.69, 9.17) is 0 Å². The highest BCUT2D eigenvalue weighted by Crippen LogP contribution is 2.18. The molecule has 1 amide bonds. The van der Waals surface area contributed by atoms with Crippen molar-refractivity contribution in [2.45, 2.75) is 13.8 Å². The van der Waals surface area contributed by atoms with Crippen molar-refractivity contribution in [1.29, 1.82) is 0 Å². The van der Waals surface area contributed by atoms with Gasteiger partial charge in [-0.2, -0.15) is 0 Å². The third kappa shape index (κ3) is 3.20. The summed E-state index contributed by atoms with van der Waals surface area (Å²) < 4.78 is 14.3. The molecule has 0 bridgehead atoms. The maximum absolute atomic E-state index is 13.7. The number of rotatable bonds is 2. The van der Waals surface area contributed by atoms with Crippen LogP contribution in [0.15, 0.2) is 40.9 Å². The third-order valence-electron chi connectivity index (χ3n) is 2.94. The number of hydrogen-bond acceptors (Lipinski definition) is 1. The van der Waals surface area contributed by atoms with Crippen molar-refractivity contribution in [2.24, 2.45) is 0 Å². The molecule has 0 aromatic heterocycles. The average Bonchev–Trinajstić information content (AvgIpc) is 2.33. The Morgan fingerprint density at radius 1 is 1.11 bits per heavy atom. The molecule has 0 aliphatic rings. The standard InChI is InChI=1S/C15H13BrFNO/c1-9-3-5-12(7-10(9)2)18-15(19)13-6-4-11(16)8-14(13)17/h3-8H,1-2H3,(H,18,19). The van der Waals surface area contributed by atoms with Crippen LogP contribution in [0.3, 0.4) is 0 Å². The van der Waals surface area contributed by atoms with Crippen LogP contribution < -0.4 is 5.32 Å². The van der Waals surface area contributed by atoms with Crippen molar-refractivity contribution >= 4 is 27.5 Å². The van der Waals surface area contributed by atoms with E-state index in [0.717, 1.165) is 11.1 Å². The van der Waals surface area contributed by atoms with Gasteiger partial charge in [-0.05, 0) is 55.3 Å². The molecule has 4 heteroatoms. The van der Waals surface area contributed by atoms with Gasteiger partial charge in [0.15, 0.2) is 0 Å². The molecule has 2 rings (SSSR count). The summed E-state index contributed by atoms with van der Waals surface area (Å²) in [7, 11) is 0. The predicted octanol–water partition coefficient (Wildman–Crippen LogP) is 4.46. The first kappa shape index (κ1) is 13.7. The molecule has 2 aromatic rings. The molecule has 0 heterocycles. The molecule has 0 aliphatic heterocycles. The van der Waals surface area contributed by atoms with Gasteiger partial charge in [0.25, 0.3) is 5.91 Å². The van der Waals surface area contributed by atoms with Crippen LogP contribution in [0.25, 0.3) is 0 Å². The van der Waals surface area contributed by atoms with E-state index in [-0.39, 0.29) is 5.56 Å². The van der Waals surface area contributed by atoms with Crippen LogP contribution in [-0.2, 0) is 0 Å². The Labute approximate surface area is 119 Å². The average molecular weight is 322 g/mol. The van der Waals surface area contributed by atoms with Gasteiger partial charge in [-0.25, -0.2) is 4.39 Å². The van der Waals surface area contributed by atoms with Gasteiger partial charge in [-0.1, -0.05) is 22.0 Å². The number of anilines is 1. The molecule has 19 heavy (non-hydrogen) atoms. The highest BCUT2D eigenvalue weighted by Gasteiger charge is 2.12. The van der Waals surface area contributed by atoms with Gasteiger partial charge in [-0.15, -0.1) is 0 Å². The molecule has 0 radical (unpaired) electrons. The number of hydrogen-bond donors (Lipinski definition) is 1. The molecule has 0 saturated carbocycles. The molecule has 0 unspecified atom stereocenters. The minimum atomic E-state index is -0.546. The lowest BCUT2D eigenvalue weighted by atomic mass is 10.1. The molecule has 0 saturated heterocycles. The van der Waals surface area contributed by atoms with Gasteiger partial charge in [0.2, 0.25) is 0 Å². The van der Waals surface area contributed by atoms with Crippen LogP contribution in [0.2, 0.25) is 0 Å². The van der Waals surface area contributed by atoms with Crippen LogP contribution in [0.5, 0.6) is 0 Å². The van der Waals surface area contributed by atoms with E-state index in [0.29, 0.717) is 10.2 Å². The van der Waals surface area contributed by atoms with Crippen molar-refractivity contribution in [2.75, 3.05) is 5.32 Å². The van der Waals surface area contributed by atoms with E-state index >= 15 is 0 Å². The molecule has 0 spiro atoms. The minimum Gasteiger partial charge on any atom is -0.322 e. The lowest BCUT2D eigenvalue weighted by molar-refractivity contribution is 0.102. The second-order valence-electron chi connectivity index (χ2n) is 4.38. The Balaban J connectivity index is 2.23. The predicted molar refractivity (Wildman–Crippen MR) is 78.0 cm³/mol. The number of halogens is 2. The van der Waals surface area contributed by atoms with Crippen molar-refractivity contribution < 1.29 is 9.18 Å². The van der Waals surface area contributed by atoms with Crippen LogP contribution in [0.4, 0.5) is 10.1 Å². The molecule has 0 atom stereocenters. The van der Waals surface area contributed by atoms with Crippen molar-refractivity contribution in [1.82, 2.24) is 0 Å². The topological polar surface area (TPSA) is 29.1 Å². The Kier molecular flexibility index (Phi) is 4.00. The molecule has 2 aromatic carbocycles. The summed E-state index contributed by atoms with van der Waals surface area (Å²) in [6.07, 6.45) is 0. The Morgan fingerprint density at radius 2 is 1.84 bits per heavy atom. The van der Waals surface area contributed by atoms with Gasteiger partial charge < -0.3 is 5.32 Å². The van der Waals surface area contributed by atoms with Crippen LogP contribution >= 0.6 is 15.9 Å². The molecule has 0 fully saturated rings. The van der Waals surface area contributed by atoms with E-state index in [1.54, 1.807) is 12.1 Å². The number of nitrogens with one attached hydrogen (secondary N) is 1. The Bertz CT molecular complexity index is 640. The smallest absolute Gasteiger partial charge is 0.258 e. The van der Waals surface area contributed by atoms with E-state index in [9.17, 15) is 9.18 Å². The summed E-state index contributed by atoms with van der Waals surface area (Å²) in [6, 6.07) is 9.95. The molecule has 0 aliphatic carbocycles. The summed E-state index contributed by atoms with van der Waals surface area (Å²) in [5, 5.41) is 2.69. The molecule has 1 N–H and O–H groups in total. The summed E-state index contributed by atoms with van der Waals surface area (Å²) in [4.78, 5) is 12.0. The summed E-state index contributed by atoms with van der Waals surface area (Å²) in [5.74, 6) is -0.996. The van der Waals surface area contributed by atoms with Crippen LogP contribution in [-0.4, -0.2) is 5.91 Å². The highest BCUT2D eigenvalue weighted by molar-refractivity contribution is 9.10. The largest absolute Gasteiger partial charge is 0.322 e. The lowest BCUT2D eigenvalue weighted by Crippen LogP contribution is -2.13. The summed E-state index contributed by atoms with van der Waals surface area (Å²) >= 11 is 3.16. The van der Waals surface area contributed by atoms with Crippen LogP contribution in [0, 0.1) is 19.7 Å². The van der Waals surface area contributed by atoms with E-state index in [1.165, 1.54) is 12.1 Å². The zero-order chi connectivity index (χ0) is 14.0. The fourth-order valence-electron chi connectivity index (χ4n) is 1.69. The van der Waals surface area contributed by atoms with Crippen molar-refractivity contribution in [3.8, 4) is 0 Å². The maximum atomic E-state index is 13.7. The first-order valence-corrected chi connectivity index (χ1v) is 6.60. The molecule has 98 valence electrons. The second kappa shape index (κ2) is 5.53. The summed E-state index contributed by atoms with van der Waals surface area (Å²) in [6.45, 7) is 3.96. The molecular weight excluding hydrogens is 309 g/mol. The van der Waals surface area contributed by atoms with E-state index in [1.807, 2.05) is 26.0 Å². The number of carbonyl (C=O) groups is 1. The zero-order valence-corrected chi connectivity index (χ0v) is 12.2. The first-order chi connectivity index (χ1) is 8.97. The Morgan fingerprint density at radius 3 is 2.47 bits per heavy atom. The quantitative estimate of drug-likeness (QED) is 0.869. The third-order valence-corrected chi connectivity index (χ3v) is 3.43. The van der Waals surface area contributed by atoms with Gasteiger partial charge in [0.1, 0.15) is 5.82 Å². The first-order valence-electron chi connectivity index (χ1n) is 5.81. The van der Waals surface area contributed by atoms with E-state index in [2.05, 4.69) is 21.2 Å². The summed E-state index contributed by atoms with van der Waals surface area (Å²) in [5.41, 5.74) is 2.92. The fourth-order valence-corrected chi connectivity index (χ4v) is 2.02. The Hall–Kier alpha value is -1.68. The molecule has 2 nitrogen and oxygen atoms in total. The maximum Gasteiger partial charge on any atom is 0.258 e. The highest BCUT2D eigenvalue weighted by atomic mass is 79.9. The van der Waals surface area contributed by atoms with E-state index < -0.39 is 11.7 Å². The van der Waals surface area contributed by atoms with Crippen LogP contribution in [0.1, 0.15) is 21.5 Å². The number of carbonyl (C=O) groups excluding carboxylic acids is 1. The minimum absolute atomic E-state index is 0.0291. The monoisotopic (exact) mass is 321 g/mol. The number of amides is 1. The fraction of sp³-hybridized carbons (Fsp3) is 0.133. The van der Waals surface area contributed by atoms with Crippen molar-refractivity contribution in [3.63, 3.8) is 0 Å². The number of benzene rings is 2. The lowest BCUT2D eigenvalue weighted by Gasteiger charge is -2.08. The van der Waals surface area contributed by atoms with Crippen molar-refractivity contribution in [3.05, 3.63) is 63.4 Å². The van der Waals surface area contributed by atoms with Gasteiger partial charge in [0, 0.05) is 10.2 Å². The second-order valence-corrected chi connectivity index (χ2v) is 5.29. The van der Waals surface area contributed by atoms with Gasteiger partial charge in [0.05, 0.1) is 5.56 Å². The zero-order valence-electron chi connectivity index (χ0n) is 10.6. The normalized spacial score (nSPS) is 10.3. The number of aryl methyl sites for hydroxylation is 2.